The number of rotatable bonds is 3. The van der Waals surface area contributed by atoms with Crippen molar-refractivity contribution in [2.24, 2.45) is 0 Å². The molecular weight excluding hydrogens is 290 g/mol. The molecule has 0 unspecified atom stereocenters. The number of para-hydroxylation sites is 1. The summed E-state index contributed by atoms with van der Waals surface area (Å²) in [5.41, 5.74) is 2.76. The van der Waals surface area contributed by atoms with Gasteiger partial charge in [0.15, 0.2) is 0 Å². The number of urea groups is 1. The van der Waals surface area contributed by atoms with E-state index in [1.807, 2.05) is 49.3 Å². The van der Waals surface area contributed by atoms with Crippen LogP contribution in [0.15, 0.2) is 60.3 Å². The number of carbonyl (C=O) groups excluding carboxylic acids is 2. The van der Waals surface area contributed by atoms with Crippen LogP contribution in [0.1, 0.15) is 5.56 Å². The number of amides is 3. The Labute approximate surface area is 134 Å². The van der Waals surface area contributed by atoms with E-state index in [0.717, 1.165) is 16.2 Å². The molecule has 0 atom stereocenters. The van der Waals surface area contributed by atoms with Gasteiger partial charge in [0.25, 0.3) is 5.91 Å². The molecule has 1 N–H and O–H groups in total. The summed E-state index contributed by atoms with van der Waals surface area (Å²) < 4.78 is 0. The Hall–Kier alpha value is -3.08. The lowest BCUT2D eigenvalue weighted by atomic mass is 10.1. The van der Waals surface area contributed by atoms with Crippen LogP contribution in [-0.4, -0.2) is 26.0 Å². The molecule has 116 valence electrons. The molecule has 3 amide bonds. The van der Waals surface area contributed by atoms with Crippen molar-refractivity contribution in [2.75, 3.05) is 23.9 Å². The summed E-state index contributed by atoms with van der Waals surface area (Å²) in [6.07, 6.45) is 1.68. The predicted molar refractivity (Wildman–Crippen MR) is 91.2 cm³/mol. The minimum Gasteiger partial charge on any atom is -0.378 e. The van der Waals surface area contributed by atoms with Crippen LogP contribution in [0.25, 0.3) is 6.08 Å². The molecule has 2 aromatic rings. The maximum Gasteiger partial charge on any atom is 0.333 e. The van der Waals surface area contributed by atoms with E-state index >= 15 is 0 Å². The average Bonchev–Trinajstić information content (AvgIpc) is 2.82. The number of anilines is 2. The lowest BCUT2D eigenvalue weighted by molar-refractivity contribution is -0.113. The molecular formula is C18H17N3O2. The van der Waals surface area contributed by atoms with Crippen LogP contribution in [0.3, 0.4) is 0 Å². The van der Waals surface area contributed by atoms with Crippen LogP contribution in [0.4, 0.5) is 16.2 Å². The van der Waals surface area contributed by atoms with Gasteiger partial charge in [0.2, 0.25) is 0 Å². The third-order valence-electron chi connectivity index (χ3n) is 3.61. The molecule has 23 heavy (non-hydrogen) atoms. The molecule has 2 aromatic carbocycles. The highest BCUT2D eigenvalue weighted by Gasteiger charge is 2.34. The van der Waals surface area contributed by atoms with Gasteiger partial charge >= 0.3 is 6.03 Å². The highest BCUT2D eigenvalue weighted by atomic mass is 16.2. The predicted octanol–water partition coefficient (Wildman–Crippen LogP) is 2.85. The number of carbonyl (C=O) groups is 2. The normalized spacial score (nSPS) is 15.9. The molecule has 0 saturated carbocycles. The first-order valence-corrected chi connectivity index (χ1v) is 7.26. The second kappa shape index (κ2) is 5.96. The van der Waals surface area contributed by atoms with Gasteiger partial charge in [-0.3, -0.25) is 4.79 Å². The Morgan fingerprint density at radius 3 is 2.22 bits per heavy atom. The first kappa shape index (κ1) is 14.8. The molecule has 0 spiro atoms. The van der Waals surface area contributed by atoms with Gasteiger partial charge in [0.1, 0.15) is 5.70 Å². The van der Waals surface area contributed by atoms with Crippen molar-refractivity contribution in [1.29, 1.82) is 0 Å². The van der Waals surface area contributed by atoms with Crippen molar-refractivity contribution in [3.8, 4) is 0 Å². The summed E-state index contributed by atoms with van der Waals surface area (Å²) in [4.78, 5) is 27.7. The van der Waals surface area contributed by atoms with Gasteiger partial charge in [-0.25, -0.2) is 9.69 Å². The first-order valence-electron chi connectivity index (χ1n) is 7.26. The smallest absolute Gasteiger partial charge is 0.333 e. The summed E-state index contributed by atoms with van der Waals surface area (Å²) >= 11 is 0. The van der Waals surface area contributed by atoms with Crippen molar-refractivity contribution < 1.29 is 9.59 Å². The number of hydrogen-bond acceptors (Lipinski definition) is 3. The molecule has 5 nitrogen and oxygen atoms in total. The van der Waals surface area contributed by atoms with Gasteiger partial charge in [0.05, 0.1) is 5.69 Å². The molecule has 0 bridgehead atoms. The average molecular weight is 307 g/mol. The molecule has 0 aliphatic carbocycles. The van der Waals surface area contributed by atoms with E-state index in [9.17, 15) is 9.59 Å². The molecule has 1 heterocycles. The SMILES string of the molecule is CN(C)c1ccc(/C=C2/NC(=O)N(c3ccccc3)C2=O)cc1. The molecule has 3 rings (SSSR count). The maximum atomic E-state index is 12.5. The van der Waals surface area contributed by atoms with E-state index in [-0.39, 0.29) is 11.6 Å². The Morgan fingerprint density at radius 2 is 1.61 bits per heavy atom. The highest BCUT2D eigenvalue weighted by Crippen LogP contribution is 2.22. The van der Waals surface area contributed by atoms with Crippen molar-refractivity contribution in [3.63, 3.8) is 0 Å². The standard InChI is InChI=1S/C18H17N3O2/c1-20(2)14-10-8-13(9-11-14)12-16-17(22)21(18(23)19-16)15-6-4-3-5-7-15/h3-12H,1-2H3,(H,19,23)/b16-12+. The molecule has 5 heteroatoms. The van der Waals surface area contributed by atoms with Crippen LogP contribution in [0, 0.1) is 0 Å². The fourth-order valence-corrected chi connectivity index (χ4v) is 2.38. The van der Waals surface area contributed by atoms with Crippen molar-refractivity contribution in [2.45, 2.75) is 0 Å². The highest BCUT2D eigenvalue weighted by molar-refractivity contribution is 6.28. The Kier molecular flexibility index (Phi) is 3.85. The fraction of sp³-hybridized carbons (Fsp3) is 0.111. The number of imide groups is 1. The lowest BCUT2D eigenvalue weighted by Gasteiger charge is -2.12. The molecule has 1 saturated heterocycles. The third-order valence-corrected chi connectivity index (χ3v) is 3.61. The molecule has 1 aliphatic heterocycles. The van der Waals surface area contributed by atoms with Gasteiger partial charge in [-0.2, -0.15) is 0 Å². The largest absolute Gasteiger partial charge is 0.378 e. The molecule has 0 radical (unpaired) electrons. The molecule has 0 aromatic heterocycles. The Bertz CT molecular complexity index is 765. The minimum absolute atomic E-state index is 0.274. The van der Waals surface area contributed by atoms with Crippen LogP contribution < -0.4 is 15.1 Å². The number of benzene rings is 2. The van der Waals surface area contributed by atoms with Crippen molar-refractivity contribution >= 4 is 29.4 Å². The summed E-state index contributed by atoms with van der Waals surface area (Å²) in [6.45, 7) is 0. The zero-order chi connectivity index (χ0) is 16.4. The summed E-state index contributed by atoms with van der Waals surface area (Å²) in [6, 6.07) is 16.2. The van der Waals surface area contributed by atoms with Gasteiger partial charge in [-0.1, -0.05) is 30.3 Å². The van der Waals surface area contributed by atoms with Crippen LogP contribution in [0.2, 0.25) is 0 Å². The zero-order valence-corrected chi connectivity index (χ0v) is 13.0. The van der Waals surface area contributed by atoms with Crippen LogP contribution in [0.5, 0.6) is 0 Å². The van der Waals surface area contributed by atoms with E-state index in [1.165, 1.54) is 0 Å². The number of hydrogen-bond donors (Lipinski definition) is 1. The number of nitrogens with one attached hydrogen (secondary N) is 1. The fourth-order valence-electron chi connectivity index (χ4n) is 2.38. The minimum atomic E-state index is -0.433. The third kappa shape index (κ3) is 2.94. The van der Waals surface area contributed by atoms with E-state index in [2.05, 4.69) is 5.32 Å². The van der Waals surface area contributed by atoms with Crippen molar-refractivity contribution in [3.05, 3.63) is 65.9 Å². The van der Waals surface area contributed by atoms with Gasteiger partial charge < -0.3 is 10.2 Å². The molecule has 1 fully saturated rings. The second-order valence-corrected chi connectivity index (χ2v) is 5.45. The Balaban J connectivity index is 1.87. The Morgan fingerprint density at radius 1 is 0.957 bits per heavy atom. The lowest BCUT2D eigenvalue weighted by Crippen LogP contribution is -2.30. The second-order valence-electron chi connectivity index (χ2n) is 5.45. The maximum absolute atomic E-state index is 12.5. The van der Waals surface area contributed by atoms with Crippen LogP contribution in [-0.2, 0) is 4.79 Å². The molecule has 1 aliphatic rings. The van der Waals surface area contributed by atoms with Crippen LogP contribution >= 0.6 is 0 Å². The van der Waals surface area contributed by atoms with E-state index < -0.39 is 6.03 Å². The number of nitrogens with zero attached hydrogens (tertiary/aromatic N) is 2. The summed E-state index contributed by atoms with van der Waals surface area (Å²) in [7, 11) is 3.93. The topological polar surface area (TPSA) is 52.7 Å². The van der Waals surface area contributed by atoms with Gasteiger partial charge in [0, 0.05) is 19.8 Å². The monoisotopic (exact) mass is 307 g/mol. The first-order chi connectivity index (χ1) is 11.1. The summed E-state index contributed by atoms with van der Waals surface area (Å²) in [5, 5.41) is 2.63. The summed E-state index contributed by atoms with van der Waals surface area (Å²) in [5.74, 6) is -0.349. The zero-order valence-electron chi connectivity index (χ0n) is 13.0. The van der Waals surface area contributed by atoms with E-state index in [1.54, 1.807) is 30.3 Å². The van der Waals surface area contributed by atoms with Gasteiger partial charge in [-0.05, 0) is 35.9 Å². The van der Waals surface area contributed by atoms with E-state index in [0.29, 0.717) is 5.69 Å². The van der Waals surface area contributed by atoms with Gasteiger partial charge in [-0.15, -0.1) is 0 Å². The van der Waals surface area contributed by atoms with Crippen molar-refractivity contribution in [1.82, 2.24) is 5.32 Å². The van der Waals surface area contributed by atoms with E-state index in [4.69, 9.17) is 0 Å². The quantitative estimate of drug-likeness (QED) is 0.701.